The van der Waals surface area contributed by atoms with Gasteiger partial charge in [0, 0.05) is 11.5 Å². The summed E-state index contributed by atoms with van der Waals surface area (Å²) in [6.07, 6.45) is 1.63. The van der Waals surface area contributed by atoms with Crippen molar-refractivity contribution >= 4 is 33.2 Å². The van der Waals surface area contributed by atoms with Gasteiger partial charge in [-0.2, -0.15) is 0 Å². The van der Waals surface area contributed by atoms with Crippen LogP contribution in [0, 0.1) is 6.92 Å². The predicted octanol–water partition coefficient (Wildman–Crippen LogP) is 3.45. The van der Waals surface area contributed by atoms with Gasteiger partial charge in [0.2, 0.25) is 0 Å². The second-order valence-corrected chi connectivity index (χ2v) is 4.87. The molecule has 0 fully saturated rings. The number of rotatable bonds is 3. The molecule has 0 aliphatic rings. The van der Waals surface area contributed by atoms with E-state index in [0.29, 0.717) is 5.69 Å². The lowest BCUT2D eigenvalue weighted by atomic mass is 10.2. The highest BCUT2D eigenvalue weighted by Crippen LogP contribution is 2.26. The van der Waals surface area contributed by atoms with Crippen LogP contribution in [0.1, 0.15) is 16.1 Å². The molecule has 0 bridgehead atoms. The zero-order chi connectivity index (χ0) is 13.8. The molecule has 1 aromatic carbocycles. The Morgan fingerprint density at radius 3 is 2.68 bits per heavy atom. The summed E-state index contributed by atoms with van der Waals surface area (Å²) in [6, 6.07) is 9.21. The number of halogens is 1. The summed E-state index contributed by atoms with van der Waals surface area (Å²) in [5.41, 5.74) is 3.06. The van der Waals surface area contributed by atoms with Crippen LogP contribution >= 0.6 is 15.9 Å². The molecule has 2 rings (SSSR count). The number of hydrogen-bond donors (Lipinski definition) is 2. The van der Waals surface area contributed by atoms with Crippen LogP contribution in [0.2, 0.25) is 0 Å². The highest BCUT2D eigenvalue weighted by Gasteiger charge is 2.10. The van der Waals surface area contributed by atoms with Crippen molar-refractivity contribution in [3.05, 3.63) is 52.3 Å². The second kappa shape index (κ2) is 5.84. The molecule has 19 heavy (non-hydrogen) atoms. The normalized spacial score (nSPS) is 10.1. The average Bonchev–Trinajstić information content (AvgIpc) is 2.44. The number of carbonyl (C=O) groups is 1. The third-order valence-electron chi connectivity index (χ3n) is 2.72. The SMILES string of the molecule is CNc1ccc(C(=O)Nc2cccc(C)c2Br)nc1. The summed E-state index contributed by atoms with van der Waals surface area (Å²) >= 11 is 3.46. The lowest BCUT2D eigenvalue weighted by Crippen LogP contribution is -2.14. The number of nitrogens with one attached hydrogen (secondary N) is 2. The largest absolute Gasteiger partial charge is 0.387 e. The molecule has 1 heterocycles. The van der Waals surface area contributed by atoms with Crippen molar-refractivity contribution in [2.75, 3.05) is 17.7 Å². The van der Waals surface area contributed by atoms with Gasteiger partial charge in [0.05, 0.1) is 17.6 Å². The van der Waals surface area contributed by atoms with Crippen molar-refractivity contribution in [2.45, 2.75) is 6.92 Å². The minimum Gasteiger partial charge on any atom is -0.387 e. The Morgan fingerprint density at radius 1 is 1.26 bits per heavy atom. The molecule has 0 saturated carbocycles. The standard InChI is InChI=1S/C14H14BrN3O/c1-9-4-3-5-11(13(9)15)18-14(19)12-7-6-10(16-2)8-17-12/h3-8,16H,1-2H3,(H,18,19). The van der Waals surface area contributed by atoms with Crippen LogP contribution in [-0.4, -0.2) is 17.9 Å². The summed E-state index contributed by atoms with van der Waals surface area (Å²) in [4.78, 5) is 16.2. The second-order valence-electron chi connectivity index (χ2n) is 4.07. The van der Waals surface area contributed by atoms with Crippen molar-refractivity contribution in [2.24, 2.45) is 0 Å². The molecule has 0 aliphatic carbocycles. The van der Waals surface area contributed by atoms with E-state index in [2.05, 4.69) is 31.5 Å². The van der Waals surface area contributed by atoms with Crippen LogP contribution in [0.5, 0.6) is 0 Å². The first kappa shape index (κ1) is 13.5. The quantitative estimate of drug-likeness (QED) is 0.911. The predicted molar refractivity (Wildman–Crippen MR) is 80.6 cm³/mol. The van der Waals surface area contributed by atoms with E-state index in [4.69, 9.17) is 0 Å². The van der Waals surface area contributed by atoms with E-state index in [1.807, 2.05) is 31.2 Å². The molecule has 4 nitrogen and oxygen atoms in total. The minimum atomic E-state index is -0.228. The maximum atomic E-state index is 12.1. The van der Waals surface area contributed by atoms with Gasteiger partial charge < -0.3 is 10.6 Å². The fourth-order valence-electron chi connectivity index (χ4n) is 1.61. The van der Waals surface area contributed by atoms with Crippen molar-refractivity contribution in [3.8, 4) is 0 Å². The number of anilines is 2. The van der Waals surface area contributed by atoms with Crippen molar-refractivity contribution in [1.82, 2.24) is 4.98 Å². The Hall–Kier alpha value is -1.88. The Labute approximate surface area is 120 Å². The molecule has 0 aliphatic heterocycles. The first-order chi connectivity index (χ1) is 9.11. The lowest BCUT2D eigenvalue weighted by molar-refractivity contribution is 0.102. The van der Waals surface area contributed by atoms with Crippen molar-refractivity contribution in [3.63, 3.8) is 0 Å². The molecule has 1 aromatic heterocycles. The van der Waals surface area contributed by atoms with Crippen molar-refractivity contribution in [1.29, 1.82) is 0 Å². The fourth-order valence-corrected chi connectivity index (χ4v) is 1.97. The molecule has 2 N–H and O–H groups in total. The topological polar surface area (TPSA) is 54.0 Å². The first-order valence-corrected chi connectivity index (χ1v) is 6.61. The molecule has 98 valence electrons. The van der Waals surface area contributed by atoms with Crippen LogP contribution in [0.25, 0.3) is 0 Å². The molecule has 1 amide bonds. The van der Waals surface area contributed by atoms with E-state index in [1.165, 1.54) is 0 Å². The molecule has 0 spiro atoms. The fraction of sp³-hybridized carbons (Fsp3) is 0.143. The third kappa shape index (κ3) is 3.12. The molecule has 0 unspecified atom stereocenters. The summed E-state index contributed by atoms with van der Waals surface area (Å²) in [5, 5.41) is 5.79. The Morgan fingerprint density at radius 2 is 2.05 bits per heavy atom. The number of aromatic nitrogens is 1. The van der Waals surface area contributed by atoms with Gasteiger partial charge in [0.25, 0.3) is 5.91 Å². The monoisotopic (exact) mass is 319 g/mol. The third-order valence-corrected chi connectivity index (χ3v) is 3.78. The molecular weight excluding hydrogens is 306 g/mol. The highest BCUT2D eigenvalue weighted by atomic mass is 79.9. The van der Waals surface area contributed by atoms with E-state index >= 15 is 0 Å². The van der Waals surface area contributed by atoms with Crippen LogP contribution in [0.3, 0.4) is 0 Å². The lowest BCUT2D eigenvalue weighted by Gasteiger charge is -2.09. The van der Waals surface area contributed by atoms with Gasteiger partial charge in [-0.3, -0.25) is 4.79 Å². The van der Waals surface area contributed by atoms with E-state index in [0.717, 1.165) is 21.4 Å². The molecule has 5 heteroatoms. The van der Waals surface area contributed by atoms with E-state index in [-0.39, 0.29) is 5.91 Å². The van der Waals surface area contributed by atoms with Crippen LogP contribution in [0.15, 0.2) is 41.0 Å². The van der Waals surface area contributed by atoms with Crippen LogP contribution in [0.4, 0.5) is 11.4 Å². The zero-order valence-electron chi connectivity index (χ0n) is 10.7. The van der Waals surface area contributed by atoms with Gasteiger partial charge >= 0.3 is 0 Å². The average molecular weight is 320 g/mol. The maximum Gasteiger partial charge on any atom is 0.274 e. The Balaban J connectivity index is 2.18. The number of benzene rings is 1. The number of carbonyl (C=O) groups excluding carboxylic acids is 1. The van der Waals surface area contributed by atoms with E-state index < -0.39 is 0 Å². The number of aryl methyl sites for hydroxylation is 1. The van der Waals surface area contributed by atoms with Gasteiger partial charge in [-0.1, -0.05) is 12.1 Å². The van der Waals surface area contributed by atoms with Crippen LogP contribution in [-0.2, 0) is 0 Å². The zero-order valence-corrected chi connectivity index (χ0v) is 12.3. The van der Waals surface area contributed by atoms with Gasteiger partial charge in [-0.25, -0.2) is 4.98 Å². The maximum absolute atomic E-state index is 12.1. The number of nitrogens with zero attached hydrogens (tertiary/aromatic N) is 1. The molecule has 0 radical (unpaired) electrons. The van der Waals surface area contributed by atoms with E-state index in [1.54, 1.807) is 19.3 Å². The summed E-state index contributed by atoms with van der Waals surface area (Å²) in [6.45, 7) is 1.97. The van der Waals surface area contributed by atoms with Gasteiger partial charge in [-0.05, 0) is 46.6 Å². The van der Waals surface area contributed by atoms with Gasteiger partial charge in [0.1, 0.15) is 5.69 Å². The van der Waals surface area contributed by atoms with Gasteiger partial charge in [-0.15, -0.1) is 0 Å². The summed E-state index contributed by atoms with van der Waals surface area (Å²) in [5.74, 6) is -0.228. The molecule has 0 atom stereocenters. The Kier molecular flexibility index (Phi) is 4.16. The summed E-state index contributed by atoms with van der Waals surface area (Å²) in [7, 11) is 1.81. The number of hydrogen-bond acceptors (Lipinski definition) is 3. The minimum absolute atomic E-state index is 0.228. The first-order valence-electron chi connectivity index (χ1n) is 5.82. The molecule has 2 aromatic rings. The Bertz CT molecular complexity index is 596. The van der Waals surface area contributed by atoms with Gasteiger partial charge in [0.15, 0.2) is 0 Å². The molecular formula is C14H14BrN3O. The highest BCUT2D eigenvalue weighted by molar-refractivity contribution is 9.10. The number of pyridine rings is 1. The van der Waals surface area contributed by atoms with Crippen LogP contribution < -0.4 is 10.6 Å². The smallest absolute Gasteiger partial charge is 0.274 e. The van der Waals surface area contributed by atoms with Crippen molar-refractivity contribution < 1.29 is 4.79 Å². The molecule has 0 saturated heterocycles. The van der Waals surface area contributed by atoms with E-state index in [9.17, 15) is 4.79 Å². The number of amides is 1. The summed E-state index contributed by atoms with van der Waals surface area (Å²) < 4.78 is 0.884.